The van der Waals surface area contributed by atoms with Crippen molar-refractivity contribution in [2.75, 3.05) is 33.4 Å². The number of esters is 1. The van der Waals surface area contributed by atoms with Crippen LogP contribution >= 0.6 is 0 Å². The second-order valence-electron chi connectivity index (χ2n) is 6.19. The van der Waals surface area contributed by atoms with Crippen molar-refractivity contribution in [2.45, 2.75) is 57.4 Å². The van der Waals surface area contributed by atoms with Crippen molar-refractivity contribution in [3.8, 4) is 0 Å². The maximum absolute atomic E-state index is 12.1. The van der Waals surface area contributed by atoms with Gasteiger partial charge in [-0.1, -0.05) is 12.8 Å². The average molecular weight is 283 g/mol. The Kier molecular flexibility index (Phi) is 5.85. The van der Waals surface area contributed by atoms with Crippen LogP contribution in [0, 0.1) is 5.92 Å². The van der Waals surface area contributed by atoms with Crippen LogP contribution in [0.1, 0.15) is 51.9 Å². The summed E-state index contributed by atoms with van der Waals surface area (Å²) < 4.78 is 10.8. The molecule has 2 aliphatic rings. The molecule has 2 fully saturated rings. The third-order valence-corrected chi connectivity index (χ3v) is 4.72. The van der Waals surface area contributed by atoms with E-state index in [2.05, 4.69) is 4.90 Å². The summed E-state index contributed by atoms with van der Waals surface area (Å²) in [6.07, 6.45) is 8.02. The fraction of sp³-hybridized carbons (Fsp3) is 0.938. The predicted molar refractivity (Wildman–Crippen MR) is 78.6 cm³/mol. The fourth-order valence-corrected chi connectivity index (χ4v) is 3.62. The summed E-state index contributed by atoms with van der Waals surface area (Å²) in [4.78, 5) is 14.6. The molecule has 4 heteroatoms. The first-order chi connectivity index (χ1) is 9.73. The van der Waals surface area contributed by atoms with Crippen molar-refractivity contribution in [1.82, 2.24) is 4.90 Å². The number of nitrogens with zero attached hydrogens (tertiary/aromatic N) is 1. The summed E-state index contributed by atoms with van der Waals surface area (Å²) in [7, 11) is 1.75. The molecule has 4 nitrogen and oxygen atoms in total. The molecule has 0 aromatic carbocycles. The zero-order chi connectivity index (χ0) is 14.4. The van der Waals surface area contributed by atoms with Crippen LogP contribution in [0.25, 0.3) is 0 Å². The maximum atomic E-state index is 12.1. The largest absolute Gasteiger partial charge is 0.466 e. The smallest absolute Gasteiger partial charge is 0.307 e. The van der Waals surface area contributed by atoms with E-state index in [4.69, 9.17) is 9.47 Å². The van der Waals surface area contributed by atoms with Gasteiger partial charge in [0.05, 0.1) is 25.2 Å². The van der Waals surface area contributed by atoms with E-state index in [-0.39, 0.29) is 11.5 Å². The molecule has 0 spiro atoms. The molecule has 0 aromatic rings. The van der Waals surface area contributed by atoms with E-state index in [1.807, 2.05) is 6.92 Å². The SMILES string of the molecule is CCOC(=O)CC(COC)(C1CC1)N1CCCCCC1. The number of carbonyl (C=O) groups excluding carboxylic acids is 1. The highest BCUT2D eigenvalue weighted by Gasteiger charge is 2.50. The second kappa shape index (κ2) is 7.41. The van der Waals surface area contributed by atoms with Gasteiger partial charge >= 0.3 is 5.97 Å². The molecular formula is C16H29NO3. The zero-order valence-electron chi connectivity index (χ0n) is 13.0. The van der Waals surface area contributed by atoms with Crippen LogP contribution in [0.5, 0.6) is 0 Å². The standard InChI is InChI=1S/C16H29NO3/c1-3-20-15(18)12-16(13-19-2,14-8-9-14)17-10-6-4-5-7-11-17/h14H,3-13H2,1-2H3. The van der Waals surface area contributed by atoms with Crippen LogP contribution in [-0.2, 0) is 14.3 Å². The van der Waals surface area contributed by atoms with Crippen LogP contribution in [-0.4, -0.2) is 49.8 Å². The molecule has 1 aliphatic heterocycles. The molecule has 1 saturated heterocycles. The molecule has 0 amide bonds. The summed E-state index contributed by atoms with van der Waals surface area (Å²) in [5.74, 6) is 0.533. The van der Waals surface area contributed by atoms with E-state index < -0.39 is 0 Å². The fourth-order valence-electron chi connectivity index (χ4n) is 3.62. The number of hydrogen-bond donors (Lipinski definition) is 0. The first-order valence-corrected chi connectivity index (χ1v) is 8.12. The topological polar surface area (TPSA) is 38.8 Å². The monoisotopic (exact) mass is 283 g/mol. The molecule has 1 aliphatic carbocycles. The van der Waals surface area contributed by atoms with Crippen LogP contribution < -0.4 is 0 Å². The van der Waals surface area contributed by atoms with Crippen molar-refractivity contribution in [3.63, 3.8) is 0 Å². The molecule has 0 radical (unpaired) electrons. The van der Waals surface area contributed by atoms with E-state index in [1.165, 1.54) is 38.5 Å². The Morgan fingerprint density at radius 2 is 1.85 bits per heavy atom. The Morgan fingerprint density at radius 1 is 1.20 bits per heavy atom. The van der Waals surface area contributed by atoms with Crippen LogP contribution in [0.15, 0.2) is 0 Å². The van der Waals surface area contributed by atoms with Crippen LogP contribution in [0.4, 0.5) is 0 Å². The lowest BCUT2D eigenvalue weighted by Crippen LogP contribution is -2.55. The van der Waals surface area contributed by atoms with Gasteiger partial charge in [-0.25, -0.2) is 0 Å². The van der Waals surface area contributed by atoms with Gasteiger partial charge in [-0.2, -0.15) is 0 Å². The molecular weight excluding hydrogens is 254 g/mol. The van der Waals surface area contributed by atoms with Crippen LogP contribution in [0.3, 0.4) is 0 Å². The van der Waals surface area contributed by atoms with E-state index >= 15 is 0 Å². The van der Waals surface area contributed by atoms with Crippen molar-refractivity contribution < 1.29 is 14.3 Å². The molecule has 1 saturated carbocycles. The third kappa shape index (κ3) is 3.73. The third-order valence-electron chi connectivity index (χ3n) is 4.72. The Hall–Kier alpha value is -0.610. The number of rotatable bonds is 7. The first-order valence-electron chi connectivity index (χ1n) is 8.12. The molecule has 0 bridgehead atoms. The lowest BCUT2D eigenvalue weighted by atomic mass is 9.87. The van der Waals surface area contributed by atoms with Crippen molar-refractivity contribution in [2.24, 2.45) is 5.92 Å². The molecule has 20 heavy (non-hydrogen) atoms. The minimum Gasteiger partial charge on any atom is -0.466 e. The normalized spacial score (nSPS) is 23.9. The van der Waals surface area contributed by atoms with Gasteiger partial charge in [-0.15, -0.1) is 0 Å². The highest BCUT2D eigenvalue weighted by atomic mass is 16.5. The van der Waals surface area contributed by atoms with Gasteiger partial charge in [0.15, 0.2) is 0 Å². The number of hydrogen-bond acceptors (Lipinski definition) is 4. The van der Waals surface area contributed by atoms with Gasteiger partial charge in [0.1, 0.15) is 0 Å². The first kappa shape index (κ1) is 15.8. The highest BCUT2D eigenvalue weighted by Crippen LogP contribution is 2.46. The van der Waals surface area contributed by atoms with Gasteiger partial charge < -0.3 is 9.47 Å². The quantitative estimate of drug-likeness (QED) is 0.673. The van der Waals surface area contributed by atoms with E-state index in [1.54, 1.807) is 7.11 Å². The number of carbonyl (C=O) groups is 1. The highest BCUT2D eigenvalue weighted by molar-refractivity contribution is 5.71. The zero-order valence-corrected chi connectivity index (χ0v) is 13.0. The lowest BCUT2D eigenvalue weighted by Gasteiger charge is -2.43. The summed E-state index contributed by atoms with van der Waals surface area (Å²) in [5, 5.41) is 0. The Morgan fingerprint density at radius 3 is 2.35 bits per heavy atom. The predicted octanol–water partition coefficient (Wildman–Crippen LogP) is 2.61. The molecule has 1 heterocycles. The maximum Gasteiger partial charge on any atom is 0.307 e. The molecule has 1 atom stereocenters. The lowest BCUT2D eigenvalue weighted by molar-refractivity contribution is -0.149. The van der Waals surface area contributed by atoms with Gasteiger partial charge in [0, 0.05) is 7.11 Å². The van der Waals surface area contributed by atoms with Gasteiger partial charge in [-0.05, 0) is 51.6 Å². The average Bonchev–Trinajstić information content (AvgIpc) is 3.26. The van der Waals surface area contributed by atoms with Gasteiger partial charge in [0.2, 0.25) is 0 Å². The van der Waals surface area contributed by atoms with Gasteiger partial charge in [0.25, 0.3) is 0 Å². The van der Waals surface area contributed by atoms with Crippen LogP contribution in [0.2, 0.25) is 0 Å². The second-order valence-corrected chi connectivity index (χ2v) is 6.19. The van der Waals surface area contributed by atoms with Crippen molar-refractivity contribution in [3.05, 3.63) is 0 Å². The molecule has 1 unspecified atom stereocenters. The Bertz CT molecular complexity index is 309. The van der Waals surface area contributed by atoms with E-state index in [0.29, 0.717) is 25.6 Å². The molecule has 116 valence electrons. The molecule has 0 N–H and O–H groups in total. The number of ether oxygens (including phenoxy) is 2. The molecule has 0 aromatic heterocycles. The minimum absolute atomic E-state index is 0.0688. The summed E-state index contributed by atoms with van der Waals surface area (Å²) in [6.45, 7) is 5.18. The Balaban J connectivity index is 2.13. The van der Waals surface area contributed by atoms with Crippen molar-refractivity contribution in [1.29, 1.82) is 0 Å². The van der Waals surface area contributed by atoms with E-state index in [9.17, 15) is 4.79 Å². The minimum atomic E-state index is -0.120. The summed E-state index contributed by atoms with van der Waals surface area (Å²) in [5.41, 5.74) is -0.120. The summed E-state index contributed by atoms with van der Waals surface area (Å²) >= 11 is 0. The number of methoxy groups -OCH3 is 1. The Labute approximate surface area is 122 Å². The van der Waals surface area contributed by atoms with Gasteiger partial charge in [-0.3, -0.25) is 9.69 Å². The van der Waals surface area contributed by atoms with Crippen molar-refractivity contribution >= 4 is 5.97 Å². The number of likely N-dealkylation sites (tertiary alicyclic amines) is 1. The van der Waals surface area contributed by atoms with E-state index in [0.717, 1.165) is 13.1 Å². The summed E-state index contributed by atoms with van der Waals surface area (Å²) in [6, 6.07) is 0. The molecule has 2 rings (SSSR count).